The first-order valence-corrected chi connectivity index (χ1v) is 8.66. The summed E-state index contributed by atoms with van der Waals surface area (Å²) in [6.45, 7) is 1.18. The molecule has 0 radical (unpaired) electrons. The van der Waals surface area contributed by atoms with Gasteiger partial charge in [0.25, 0.3) is 5.91 Å². The van der Waals surface area contributed by atoms with Crippen molar-refractivity contribution in [3.63, 3.8) is 0 Å². The normalized spacial score (nSPS) is 17.4. The summed E-state index contributed by atoms with van der Waals surface area (Å²) in [5, 5.41) is 8.52. The minimum Gasteiger partial charge on any atom is -0.484 e. The molecule has 0 N–H and O–H groups in total. The van der Waals surface area contributed by atoms with Gasteiger partial charge in [0.2, 0.25) is 0 Å². The molecule has 0 aliphatic carbocycles. The molecule has 26 heavy (non-hydrogen) atoms. The topological polar surface area (TPSA) is 59.7 Å². The number of benzene rings is 1. The summed E-state index contributed by atoms with van der Waals surface area (Å²) in [4.78, 5) is 14.3. The third-order valence-electron chi connectivity index (χ3n) is 4.64. The van der Waals surface area contributed by atoms with Crippen molar-refractivity contribution >= 4 is 11.6 Å². The molecule has 1 unspecified atom stereocenters. The van der Waals surface area contributed by atoms with Gasteiger partial charge in [-0.25, -0.2) is 4.39 Å². The van der Waals surface area contributed by atoms with Gasteiger partial charge in [0.15, 0.2) is 12.3 Å². The maximum atomic E-state index is 13.2. The summed E-state index contributed by atoms with van der Waals surface area (Å²) >= 11 is 0. The van der Waals surface area contributed by atoms with Gasteiger partial charge < -0.3 is 9.64 Å². The van der Waals surface area contributed by atoms with Crippen molar-refractivity contribution < 1.29 is 13.9 Å². The van der Waals surface area contributed by atoms with Crippen LogP contribution in [0.2, 0.25) is 0 Å². The first-order chi connectivity index (χ1) is 12.7. The summed E-state index contributed by atoms with van der Waals surface area (Å²) in [5.74, 6) is 0.887. The Kier molecular flexibility index (Phi) is 4.51. The molecule has 1 aromatic carbocycles. The number of pyridine rings is 1. The smallest absolute Gasteiger partial charge is 0.260 e. The predicted octanol–water partition coefficient (Wildman–Crippen LogP) is 2.65. The van der Waals surface area contributed by atoms with Crippen molar-refractivity contribution in [3.8, 4) is 5.75 Å². The van der Waals surface area contributed by atoms with E-state index in [-0.39, 0.29) is 24.2 Å². The van der Waals surface area contributed by atoms with Gasteiger partial charge in [0.05, 0.1) is 0 Å². The number of halogens is 1. The average Bonchev–Trinajstić information content (AvgIpc) is 3.10. The zero-order valence-corrected chi connectivity index (χ0v) is 14.2. The van der Waals surface area contributed by atoms with Crippen LogP contribution in [-0.4, -0.2) is 45.1 Å². The van der Waals surface area contributed by atoms with E-state index in [0.29, 0.717) is 18.8 Å². The Hall–Kier alpha value is -2.96. The molecule has 4 rings (SSSR count). The van der Waals surface area contributed by atoms with Crippen molar-refractivity contribution in [2.75, 3.05) is 19.7 Å². The number of aromatic nitrogens is 3. The number of carbonyl (C=O) groups is 1. The number of ether oxygens (including phenoxy) is 1. The largest absolute Gasteiger partial charge is 0.484 e. The zero-order valence-electron chi connectivity index (χ0n) is 14.2. The number of hydrogen-bond donors (Lipinski definition) is 0. The monoisotopic (exact) mass is 354 g/mol. The van der Waals surface area contributed by atoms with Gasteiger partial charge in [-0.3, -0.25) is 9.20 Å². The molecular formula is C19H19FN4O2. The fraction of sp³-hybridized carbons (Fsp3) is 0.316. The van der Waals surface area contributed by atoms with Crippen molar-refractivity contribution in [1.82, 2.24) is 19.5 Å². The Morgan fingerprint density at radius 1 is 1.23 bits per heavy atom. The molecule has 0 bridgehead atoms. The van der Waals surface area contributed by atoms with E-state index >= 15 is 0 Å². The van der Waals surface area contributed by atoms with Gasteiger partial charge in [0, 0.05) is 31.3 Å². The van der Waals surface area contributed by atoms with Crippen LogP contribution in [0, 0.1) is 5.82 Å². The second-order valence-electron chi connectivity index (χ2n) is 6.41. The lowest BCUT2D eigenvalue weighted by atomic mass is 9.97. The van der Waals surface area contributed by atoms with Crippen LogP contribution in [-0.2, 0) is 4.79 Å². The van der Waals surface area contributed by atoms with Gasteiger partial charge in [-0.1, -0.05) is 12.1 Å². The van der Waals surface area contributed by atoms with Crippen molar-refractivity contribution in [3.05, 3.63) is 60.3 Å². The first-order valence-electron chi connectivity index (χ1n) is 8.66. The molecule has 3 heterocycles. The Labute approximate surface area is 150 Å². The lowest BCUT2D eigenvalue weighted by Gasteiger charge is -2.31. The van der Waals surface area contributed by atoms with Gasteiger partial charge in [0.1, 0.15) is 17.4 Å². The SMILES string of the molecule is O=C(COc1cccc(F)c1)N1CCCC(c2nnc3ccccn23)C1. The maximum absolute atomic E-state index is 13.2. The van der Waals surface area contributed by atoms with E-state index < -0.39 is 0 Å². The first kappa shape index (κ1) is 16.5. The molecule has 1 atom stereocenters. The van der Waals surface area contributed by atoms with Crippen molar-refractivity contribution in [2.45, 2.75) is 18.8 Å². The van der Waals surface area contributed by atoms with Crippen LogP contribution in [0.3, 0.4) is 0 Å². The molecule has 0 saturated carbocycles. The van der Waals surface area contributed by atoms with E-state index in [0.717, 1.165) is 24.3 Å². The van der Waals surface area contributed by atoms with E-state index in [9.17, 15) is 9.18 Å². The quantitative estimate of drug-likeness (QED) is 0.723. The minimum absolute atomic E-state index is 0.100. The highest BCUT2D eigenvalue weighted by atomic mass is 19.1. The molecule has 7 heteroatoms. The summed E-state index contributed by atoms with van der Waals surface area (Å²) < 4.78 is 20.6. The third-order valence-corrected chi connectivity index (χ3v) is 4.64. The average molecular weight is 354 g/mol. The minimum atomic E-state index is -0.383. The Balaban J connectivity index is 1.42. The Bertz CT molecular complexity index is 927. The number of amides is 1. The molecule has 1 saturated heterocycles. The zero-order chi connectivity index (χ0) is 17.9. The number of fused-ring (bicyclic) bond motifs is 1. The Morgan fingerprint density at radius 3 is 3.04 bits per heavy atom. The highest BCUT2D eigenvalue weighted by molar-refractivity contribution is 5.78. The van der Waals surface area contributed by atoms with E-state index in [4.69, 9.17) is 4.74 Å². The van der Waals surface area contributed by atoms with Gasteiger partial charge >= 0.3 is 0 Å². The highest BCUT2D eigenvalue weighted by Gasteiger charge is 2.28. The molecule has 134 valence electrons. The van der Waals surface area contributed by atoms with Gasteiger partial charge in [-0.05, 0) is 37.1 Å². The van der Waals surface area contributed by atoms with E-state index in [1.807, 2.05) is 28.8 Å². The number of rotatable bonds is 4. The van der Waals surface area contributed by atoms with Crippen LogP contribution in [0.25, 0.3) is 5.65 Å². The fourth-order valence-corrected chi connectivity index (χ4v) is 3.35. The number of hydrogen-bond acceptors (Lipinski definition) is 4. The molecule has 0 spiro atoms. The van der Waals surface area contributed by atoms with E-state index in [2.05, 4.69) is 10.2 Å². The van der Waals surface area contributed by atoms with Crippen LogP contribution < -0.4 is 4.74 Å². The molecule has 6 nitrogen and oxygen atoms in total. The molecule has 1 fully saturated rings. The Morgan fingerprint density at radius 2 is 2.15 bits per heavy atom. The lowest BCUT2D eigenvalue weighted by molar-refractivity contribution is -0.134. The summed E-state index contributed by atoms with van der Waals surface area (Å²) in [6, 6.07) is 11.6. The summed E-state index contributed by atoms with van der Waals surface area (Å²) in [7, 11) is 0. The number of carbonyl (C=O) groups excluding carboxylic acids is 1. The highest BCUT2D eigenvalue weighted by Crippen LogP contribution is 2.26. The predicted molar refractivity (Wildman–Crippen MR) is 93.4 cm³/mol. The van der Waals surface area contributed by atoms with Crippen molar-refractivity contribution in [2.24, 2.45) is 0 Å². The van der Waals surface area contributed by atoms with Crippen LogP contribution in [0.4, 0.5) is 4.39 Å². The standard InChI is InChI=1S/C19H19FN4O2/c20-15-6-3-7-16(11-15)26-13-18(25)23-9-4-5-14(12-23)19-22-21-17-8-1-2-10-24(17)19/h1-3,6-8,10-11,14H,4-5,9,12-13H2. The molecular weight excluding hydrogens is 335 g/mol. The molecule has 1 aliphatic heterocycles. The van der Waals surface area contributed by atoms with Gasteiger partial charge in [-0.15, -0.1) is 10.2 Å². The van der Waals surface area contributed by atoms with Gasteiger partial charge in [-0.2, -0.15) is 0 Å². The maximum Gasteiger partial charge on any atom is 0.260 e. The second-order valence-corrected chi connectivity index (χ2v) is 6.41. The molecule has 3 aromatic rings. The van der Waals surface area contributed by atoms with E-state index in [1.54, 1.807) is 17.0 Å². The number of likely N-dealkylation sites (tertiary alicyclic amines) is 1. The van der Waals surface area contributed by atoms with Crippen LogP contribution in [0.5, 0.6) is 5.75 Å². The van der Waals surface area contributed by atoms with Crippen LogP contribution >= 0.6 is 0 Å². The molecule has 2 aromatic heterocycles. The van der Waals surface area contributed by atoms with Crippen molar-refractivity contribution in [1.29, 1.82) is 0 Å². The second kappa shape index (κ2) is 7.11. The third kappa shape index (κ3) is 3.37. The van der Waals surface area contributed by atoms with E-state index in [1.165, 1.54) is 12.1 Å². The lowest BCUT2D eigenvalue weighted by Crippen LogP contribution is -2.42. The molecule has 1 amide bonds. The van der Waals surface area contributed by atoms with Crippen LogP contribution in [0.15, 0.2) is 48.7 Å². The number of nitrogens with zero attached hydrogens (tertiary/aromatic N) is 4. The molecule has 1 aliphatic rings. The van der Waals surface area contributed by atoms with Crippen LogP contribution in [0.1, 0.15) is 24.6 Å². The fourth-order valence-electron chi connectivity index (χ4n) is 3.35. The summed E-state index contributed by atoms with van der Waals surface area (Å²) in [5.41, 5.74) is 0.806. The number of piperidine rings is 1. The summed E-state index contributed by atoms with van der Waals surface area (Å²) in [6.07, 6.45) is 3.81.